The van der Waals surface area contributed by atoms with Crippen LogP contribution in [0.1, 0.15) is 48.5 Å². The van der Waals surface area contributed by atoms with Crippen LogP contribution < -0.4 is 19.7 Å². The molecule has 1 saturated carbocycles. The first-order valence-corrected chi connectivity index (χ1v) is 11.0. The lowest BCUT2D eigenvalue weighted by molar-refractivity contribution is 0.0936. The van der Waals surface area contributed by atoms with Gasteiger partial charge in [0.25, 0.3) is 5.91 Å². The molecule has 3 aromatic rings. The van der Waals surface area contributed by atoms with Crippen LogP contribution in [-0.4, -0.2) is 50.3 Å². The summed E-state index contributed by atoms with van der Waals surface area (Å²) in [5.41, 5.74) is 1.52. The molecule has 2 bridgehead atoms. The normalized spacial score (nSPS) is 24.9. The minimum Gasteiger partial charge on any atom is -0.483 e. The average molecular weight is 438 g/mol. The van der Waals surface area contributed by atoms with E-state index in [2.05, 4.69) is 20.3 Å². The van der Waals surface area contributed by atoms with Gasteiger partial charge in [0.2, 0.25) is 5.88 Å². The van der Waals surface area contributed by atoms with Crippen molar-refractivity contribution < 1.29 is 18.7 Å². The number of nitrogens with one attached hydrogen (secondary N) is 1. The average Bonchev–Trinajstić information content (AvgIpc) is 3.39. The molecule has 166 valence electrons. The largest absolute Gasteiger partial charge is 0.483 e. The maximum absolute atomic E-state index is 14.2. The van der Waals surface area contributed by atoms with Crippen LogP contribution in [0.4, 0.5) is 10.2 Å². The number of anilines is 1. The summed E-state index contributed by atoms with van der Waals surface area (Å²) in [6, 6.07) is 1.43. The van der Waals surface area contributed by atoms with Crippen LogP contribution >= 0.6 is 0 Å². The van der Waals surface area contributed by atoms with Crippen LogP contribution in [0, 0.1) is 5.82 Å². The summed E-state index contributed by atoms with van der Waals surface area (Å²) in [5, 5.41) is 7.30. The molecule has 1 amide bonds. The maximum Gasteiger partial charge on any atom is 0.256 e. The van der Waals surface area contributed by atoms with Crippen molar-refractivity contribution in [1.82, 2.24) is 24.9 Å². The Morgan fingerprint density at radius 3 is 3.06 bits per heavy atom. The van der Waals surface area contributed by atoms with E-state index < -0.39 is 5.82 Å². The molecule has 0 unspecified atom stereocenters. The zero-order valence-corrected chi connectivity index (χ0v) is 17.6. The number of halogens is 1. The van der Waals surface area contributed by atoms with Crippen molar-refractivity contribution in [2.75, 3.05) is 11.5 Å². The lowest BCUT2D eigenvalue weighted by atomic mass is 10.1. The first-order chi connectivity index (χ1) is 15.6. The highest BCUT2D eigenvalue weighted by atomic mass is 19.1. The van der Waals surface area contributed by atoms with Crippen molar-refractivity contribution >= 4 is 17.4 Å². The molecule has 5 heterocycles. The quantitative estimate of drug-likeness (QED) is 0.576. The molecule has 3 atom stereocenters. The summed E-state index contributed by atoms with van der Waals surface area (Å²) in [4.78, 5) is 24.1. The second kappa shape index (κ2) is 7.32. The number of pyridine rings is 1. The van der Waals surface area contributed by atoms with Gasteiger partial charge in [0, 0.05) is 18.0 Å². The van der Waals surface area contributed by atoms with E-state index in [-0.39, 0.29) is 24.1 Å². The predicted octanol–water partition coefficient (Wildman–Crippen LogP) is 2.48. The van der Waals surface area contributed by atoms with Crippen LogP contribution in [0.5, 0.6) is 11.6 Å². The molecule has 32 heavy (non-hydrogen) atoms. The Bertz CT molecular complexity index is 1210. The number of hydrogen-bond donors (Lipinski definition) is 1. The van der Waals surface area contributed by atoms with E-state index in [9.17, 15) is 9.18 Å². The number of rotatable bonds is 0. The van der Waals surface area contributed by atoms with Crippen molar-refractivity contribution in [1.29, 1.82) is 0 Å². The highest BCUT2D eigenvalue weighted by molar-refractivity contribution is 6.00. The van der Waals surface area contributed by atoms with Gasteiger partial charge in [-0.2, -0.15) is 5.10 Å². The van der Waals surface area contributed by atoms with Gasteiger partial charge in [0.15, 0.2) is 17.2 Å². The van der Waals surface area contributed by atoms with Gasteiger partial charge in [-0.1, -0.05) is 0 Å². The third-order valence-electron chi connectivity index (χ3n) is 6.45. The molecule has 1 aliphatic carbocycles. The molecule has 3 aliphatic rings. The van der Waals surface area contributed by atoms with Gasteiger partial charge in [-0.05, 0) is 32.3 Å². The lowest BCUT2D eigenvalue weighted by Gasteiger charge is -2.39. The van der Waals surface area contributed by atoms with Gasteiger partial charge in [-0.15, -0.1) is 0 Å². The number of nitrogens with zero attached hydrogens (tertiary/aromatic N) is 5. The lowest BCUT2D eigenvalue weighted by Crippen LogP contribution is -2.47. The number of hydrogen-bond acceptors (Lipinski definition) is 7. The third kappa shape index (κ3) is 3.12. The SMILES string of the molecule is C[C@H]1CCOc2ncc(F)cc2CN2c3nc4c(cnn4cc3O[C@H]3CCC[C@H]32)C(=O)N1. The van der Waals surface area contributed by atoms with Crippen LogP contribution in [0.15, 0.2) is 24.7 Å². The van der Waals surface area contributed by atoms with Gasteiger partial charge in [0.1, 0.15) is 17.5 Å². The zero-order chi connectivity index (χ0) is 21.8. The molecule has 1 N–H and O–H groups in total. The van der Waals surface area contributed by atoms with Crippen LogP contribution in [0.25, 0.3) is 5.65 Å². The molecule has 0 spiro atoms. The molecule has 0 radical (unpaired) electrons. The van der Waals surface area contributed by atoms with Crippen molar-refractivity contribution in [3.63, 3.8) is 0 Å². The van der Waals surface area contributed by atoms with Gasteiger partial charge in [-0.25, -0.2) is 18.9 Å². The first kappa shape index (κ1) is 19.3. The molecule has 3 aromatic heterocycles. The van der Waals surface area contributed by atoms with E-state index in [0.29, 0.717) is 53.8 Å². The predicted molar refractivity (Wildman–Crippen MR) is 112 cm³/mol. The number of carbonyl (C=O) groups excluding carboxylic acids is 1. The molecule has 0 aromatic carbocycles. The number of fused-ring (bicyclic) bond motifs is 3. The van der Waals surface area contributed by atoms with E-state index in [1.807, 2.05) is 6.92 Å². The molecule has 10 heteroatoms. The van der Waals surface area contributed by atoms with E-state index in [1.54, 1.807) is 10.7 Å². The third-order valence-corrected chi connectivity index (χ3v) is 6.45. The van der Waals surface area contributed by atoms with E-state index in [4.69, 9.17) is 14.5 Å². The number of carbonyl (C=O) groups is 1. The summed E-state index contributed by atoms with van der Waals surface area (Å²) in [5.74, 6) is 0.973. The Morgan fingerprint density at radius 1 is 1.25 bits per heavy atom. The molecular formula is C22H23FN6O3. The van der Waals surface area contributed by atoms with Gasteiger partial charge in [-0.3, -0.25) is 4.79 Å². The summed E-state index contributed by atoms with van der Waals surface area (Å²) < 4.78 is 27.9. The van der Waals surface area contributed by atoms with Crippen molar-refractivity contribution in [2.24, 2.45) is 0 Å². The monoisotopic (exact) mass is 438 g/mol. The second-order valence-corrected chi connectivity index (χ2v) is 8.67. The first-order valence-electron chi connectivity index (χ1n) is 11.0. The molecule has 1 fully saturated rings. The highest BCUT2D eigenvalue weighted by Gasteiger charge is 2.41. The molecule has 6 rings (SSSR count). The molecule has 0 saturated heterocycles. The molecule has 9 nitrogen and oxygen atoms in total. The fraction of sp³-hybridized carbons (Fsp3) is 0.455. The number of aromatic nitrogens is 4. The summed E-state index contributed by atoms with van der Waals surface area (Å²) in [7, 11) is 0. The Kier molecular flexibility index (Phi) is 4.41. The van der Waals surface area contributed by atoms with E-state index in [0.717, 1.165) is 19.3 Å². The van der Waals surface area contributed by atoms with Crippen LogP contribution in [0.2, 0.25) is 0 Å². The molecular weight excluding hydrogens is 415 g/mol. The fourth-order valence-corrected chi connectivity index (χ4v) is 4.85. The van der Waals surface area contributed by atoms with Crippen molar-refractivity contribution in [3.8, 4) is 11.6 Å². The van der Waals surface area contributed by atoms with Gasteiger partial charge < -0.3 is 19.7 Å². The minimum atomic E-state index is -0.410. The number of ether oxygens (including phenoxy) is 2. The van der Waals surface area contributed by atoms with Crippen LogP contribution in [0.3, 0.4) is 0 Å². The maximum atomic E-state index is 14.2. The van der Waals surface area contributed by atoms with E-state index >= 15 is 0 Å². The van der Waals surface area contributed by atoms with Gasteiger partial charge in [0.05, 0.1) is 37.8 Å². The Hall–Kier alpha value is -3.43. The van der Waals surface area contributed by atoms with Gasteiger partial charge >= 0.3 is 0 Å². The Balaban J connectivity index is 1.53. The summed E-state index contributed by atoms with van der Waals surface area (Å²) >= 11 is 0. The van der Waals surface area contributed by atoms with Crippen molar-refractivity contribution in [2.45, 2.75) is 57.3 Å². The molecule has 2 aliphatic heterocycles. The van der Waals surface area contributed by atoms with E-state index in [1.165, 1.54) is 18.5 Å². The van der Waals surface area contributed by atoms with Crippen molar-refractivity contribution in [3.05, 3.63) is 41.6 Å². The standard InChI is InChI=1S/C22H23FN6O3/c1-12-5-6-31-22-13(7-14(23)8-24-22)10-28-16-3-2-4-17(16)32-18-11-29-19(27-20(18)28)15(9-25-29)21(30)26-12/h7-9,11-12,16-17H,2-6,10H2,1H3,(H,26,30)/t12-,16+,17-/m0/s1. The van der Waals surface area contributed by atoms with Crippen LogP contribution in [-0.2, 0) is 6.54 Å². The summed E-state index contributed by atoms with van der Waals surface area (Å²) in [6.45, 7) is 2.63. The Morgan fingerprint density at radius 2 is 2.16 bits per heavy atom. The topological polar surface area (TPSA) is 93.9 Å². The summed E-state index contributed by atoms with van der Waals surface area (Å²) in [6.07, 6.45) is 7.98. The smallest absolute Gasteiger partial charge is 0.256 e. The highest BCUT2D eigenvalue weighted by Crippen LogP contribution is 2.42. The minimum absolute atomic E-state index is 0.0192. The number of amides is 1. The Labute approximate surface area is 183 Å². The fourth-order valence-electron chi connectivity index (χ4n) is 4.85. The second-order valence-electron chi connectivity index (χ2n) is 8.67. The zero-order valence-electron chi connectivity index (χ0n) is 17.6.